The molecule has 0 aliphatic carbocycles. The summed E-state index contributed by atoms with van der Waals surface area (Å²) in [6.45, 7) is 0.110. The third kappa shape index (κ3) is 5.23. The summed E-state index contributed by atoms with van der Waals surface area (Å²) in [5, 5.41) is 0. The standard InChI is InChI=1S/C9H10BrF3N2O2S/c1-6-2-3-7(10)8(4-6)15-18(16,17)14-5-9(11,12)13/h2-4,14-15H,5H2,1H3. The molecule has 0 bridgehead atoms. The third-order valence-corrected chi connectivity index (χ3v) is 3.53. The van der Waals surface area contributed by atoms with Gasteiger partial charge in [-0.15, -0.1) is 0 Å². The monoisotopic (exact) mass is 346 g/mol. The Morgan fingerprint density at radius 1 is 1.33 bits per heavy atom. The second-order valence-electron chi connectivity index (χ2n) is 3.53. The highest BCUT2D eigenvalue weighted by Gasteiger charge is 2.29. The first kappa shape index (κ1) is 15.3. The van der Waals surface area contributed by atoms with Crippen LogP contribution in [0.15, 0.2) is 22.7 Å². The number of benzene rings is 1. The predicted molar refractivity (Wildman–Crippen MR) is 65.5 cm³/mol. The molecule has 0 saturated carbocycles. The van der Waals surface area contributed by atoms with E-state index in [2.05, 4.69) is 15.9 Å². The quantitative estimate of drug-likeness (QED) is 0.880. The number of aryl methyl sites for hydroxylation is 1. The van der Waals surface area contributed by atoms with Gasteiger partial charge in [-0.05, 0) is 40.5 Å². The van der Waals surface area contributed by atoms with Gasteiger partial charge in [-0.3, -0.25) is 4.72 Å². The summed E-state index contributed by atoms with van der Waals surface area (Å²) in [5.74, 6) is 0. The minimum atomic E-state index is -4.60. The highest BCUT2D eigenvalue weighted by atomic mass is 79.9. The molecule has 0 fully saturated rings. The lowest BCUT2D eigenvalue weighted by atomic mass is 10.2. The van der Waals surface area contributed by atoms with Gasteiger partial charge in [0.05, 0.1) is 5.69 Å². The average molecular weight is 347 g/mol. The number of rotatable bonds is 4. The highest BCUT2D eigenvalue weighted by Crippen LogP contribution is 2.24. The lowest BCUT2D eigenvalue weighted by Gasteiger charge is -2.12. The second kappa shape index (κ2) is 5.45. The van der Waals surface area contributed by atoms with Crippen LogP contribution in [0.25, 0.3) is 0 Å². The minimum absolute atomic E-state index is 0.171. The first-order chi connectivity index (χ1) is 8.09. The average Bonchev–Trinajstić information content (AvgIpc) is 2.20. The maximum atomic E-state index is 11.9. The van der Waals surface area contributed by atoms with Gasteiger partial charge in [0.15, 0.2) is 0 Å². The van der Waals surface area contributed by atoms with Crippen molar-refractivity contribution in [2.75, 3.05) is 11.3 Å². The maximum Gasteiger partial charge on any atom is 0.402 e. The molecule has 0 amide bonds. The largest absolute Gasteiger partial charge is 0.402 e. The van der Waals surface area contributed by atoms with Gasteiger partial charge in [-0.1, -0.05) is 6.07 Å². The summed E-state index contributed by atoms with van der Waals surface area (Å²) in [7, 11) is -4.26. The fourth-order valence-corrected chi connectivity index (χ4v) is 2.44. The Hall–Kier alpha value is -0.800. The molecular weight excluding hydrogens is 337 g/mol. The zero-order valence-electron chi connectivity index (χ0n) is 9.18. The fourth-order valence-electron chi connectivity index (χ4n) is 1.08. The lowest BCUT2D eigenvalue weighted by Crippen LogP contribution is -2.37. The maximum absolute atomic E-state index is 11.9. The van der Waals surface area contributed by atoms with Gasteiger partial charge in [-0.2, -0.15) is 26.3 Å². The van der Waals surface area contributed by atoms with Crippen LogP contribution in [0.5, 0.6) is 0 Å². The van der Waals surface area contributed by atoms with E-state index in [0.717, 1.165) is 5.56 Å². The Labute approximate surface area is 111 Å². The first-order valence-corrected chi connectivity index (χ1v) is 6.97. The number of alkyl halides is 3. The topological polar surface area (TPSA) is 58.2 Å². The molecule has 0 aromatic heterocycles. The zero-order chi connectivity index (χ0) is 14.0. The molecule has 102 valence electrons. The van der Waals surface area contributed by atoms with E-state index < -0.39 is 22.9 Å². The summed E-state index contributed by atoms with van der Waals surface area (Å²) >= 11 is 3.10. The van der Waals surface area contributed by atoms with Crippen LogP contribution in [0, 0.1) is 6.92 Å². The van der Waals surface area contributed by atoms with Crippen molar-refractivity contribution in [3.8, 4) is 0 Å². The highest BCUT2D eigenvalue weighted by molar-refractivity contribution is 9.10. The van der Waals surface area contributed by atoms with E-state index in [1.54, 1.807) is 19.1 Å². The molecule has 1 rings (SSSR count). The summed E-state index contributed by atoms with van der Waals surface area (Å²) in [6, 6.07) is 4.82. The Morgan fingerprint density at radius 3 is 2.50 bits per heavy atom. The van der Waals surface area contributed by atoms with Crippen LogP contribution in [-0.4, -0.2) is 21.1 Å². The van der Waals surface area contributed by atoms with Crippen LogP contribution >= 0.6 is 15.9 Å². The van der Waals surface area contributed by atoms with Gasteiger partial charge in [0.1, 0.15) is 6.54 Å². The van der Waals surface area contributed by atoms with Gasteiger partial charge in [0, 0.05) is 4.47 Å². The molecule has 4 nitrogen and oxygen atoms in total. The Bertz CT molecular complexity index is 531. The molecule has 0 aliphatic rings. The molecule has 18 heavy (non-hydrogen) atoms. The van der Waals surface area contributed by atoms with E-state index in [9.17, 15) is 21.6 Å². The molecular formula is C9H10BrF3N2O2S. The summed E-state index contributed by atoms with van der Waals surface area (Å²) < 4.78 is 62.3. The molecule has 0 unspecified atom stereocenters. The Balaban J connectivity index is 2.80. The second-order valence-corrected chi connectivity index (χ2v) is 5.88. The molecule has 0 heterocycles. The lowest BCUT2D eigenvalue weighted by molar-refractivity contribution is -0.121. The van der Waals surface area contributed by atoms with Gasteiger partial charge in [0.25, 0.3) is 10.2 Å². The molecule has 1 aromatic carbocycles. The molecule has 2 N–H and O–H groups in total. The molecule has 0 spiro atoms. The fraction of sp³-hybridized carbons (Fsp3) is 0.333. The molecule has 0 saturated heterocycles. The van der Waals surface area contributed by atoms with E-state index in [1.165, 1.54) is 10.8 Å². The smallest absolute Gasteiger partial charge is 0.270 e. The predicted octanol–water partition coefficient (Wildman–Crippen LogP) is 2.57. The number of halogens is 4. The van der Waals surface area contributed by atoms with Gasteiger partial charge < -0.3 is 0 Å². The van der Waals surface area contributed by atoms with Crippen molar-refractivity contribution in [1.29, 1.82) is 0 Å². The van der Waals surface area contributed by atoms with Crippen LogP contribution in [0.4, 0.5) is 18.9 Å². The summed E-state index contributed by atoms with van der Waals surface area (Å²) in [6.07, 6.45) is -4.60. The van der Waals surface area contributed by atoms with Gasteiger partial charge in [-0.25, -0.2) is 0 Å². The SMILES string of the molecule is Cc1ccc(Br)c(NS(=O)(=O)NCC(F)(F)F)c1. The minimum Gasteiger partial charge on any atom is -0.270 e. The van der Waals surface area contributed by atoms with Crippen molar-refractivity contribution in [3.63, 3.8) is 0 Å². The van der Waals surface area contributed by atoms with Crippen molar-refractivity contribution in [3.05, 3.63) is 28.2 Å². The van der Waals surface area contributed by atoms with Crippen LogP contribution < -0.4 is 9.44 Å². The first-order valence-electron chi connectivity index (χ1n) is 4.69. The molecule has 0 radical (unpaired) electrons. The van der Waals surface area contributed by atoms with Crippen LogP contribution in [-0.2, 0) is 10.2 Å². The number of hydrogen-bond acceptors (Lipinski definition) is 2. The van der Waals surface area contributed by atoms with E-state index in [4.69, 9.17) is 0 Å². The number of hydrogen-bond donors (Lipinski definition) is 2. The van der Waals surface area contributed by atoms with E-state index in [-0.39, 0.29) is 5.69 Å². The summed E-state index contributed by atoms with van der Waals surface area (Å²) in [5.41, 5.74) is 0.941. The van der Waals surface area contributed by atoms with E-state index in [0.29, 0.717) is 4.47 Å². The van der Waals surface area contributed by atoms with Crippen LogP contribution in [0.3, 0.4) is 0 Å². The Kier molecular flexibility index (Phi) is 4.62. The van der Waals surface area contributed by atoms with E-state index >= 15 is 0 Å². The van der Waals surface area contributed by atoms with Crippen molar-refractivity contribution in [1.82, 2.24) is 4.72 Å². The van der Waals surface area contributed by atoms with Crippen LogP contribution in [0.2, 0.25) is 0 Å². The van der Waals surface area contributed by atoms with Crippen molar-refractivity contribution in [2.45, 2.75) is 13.1 Å². The molecule has 0 aliphatic heterocycles. The van der Waals surface area contributed by atoms with Crippen molar-refractivity contribution < 1.29 is 21.6 Å². The van der Waals surface area contributed by atoms with Gasteiger partial charge >= 0.3 is 6.18 Å². The Morgan fingerprint density at radius 2 is 1.94 bits per heavy atom. The van der Waals surface area contributed by atoms with Crippen LogP contribution in [0.1, 0.15) is 5.56 Å². The third-order valence-electron chi connectivity index (χ3n) is 1.83. The number of nitrogens with one attached hydrogen (secondary N) is 2. The zero-order valence-corrected chi connectivity index (χ0v) is 11.6. The summed E-state index contributed by atoms with van der Waals surface area (Å²) in [4.78, 5) is 0. The van der Waals surface area contributed by atoms with Crippen molar-refractivity contribution >= 4 is 31.8 Å². The normalized spacial score (nSPS) is 12.5. The molecule has 0 atom stereocenters. The van der Waals surface area contributed by atoms with Gasteiger partial charge in [0.2, 0.25) is 0 Å². The van der Waals surface area contributed by atoms with E-state index in [1.807, 2.05) is 4.72 Å². The number of anilines is 1. The molecule has 1 aromatic rings. The molecule has 9 heteroatoms. The van der Waals surface area contributed by atoms with Crippen molar-refractivity contribution in [2.24, 2.45) is 0 Å².